The van der Waals surface area contributed by atoms with Crippen molar-refractivity contribution in [1.82, 2.24) is 4.72 Å². The van der Waals surface area contributed by atoms with E-state index in [2.05, 4.69) is 4.72 Å². The number of halogens is 1. The number of nitrogen functional groups attached to an aromatic ring is 1. The van der Waals surface area contributed by atoms with Gasteiger partial charge in [0.15, 0.2) is 11.6 Å². The fourth-order valence-electron chi connectivity index (χ4n) is 1.48. The van der Waals surface area contributed by atoms with Crippen molar-refractivity contribution >= 4 is 15.7 Å². The quantitative estimate of drug-likeness (QED) is 0.709. The largest absolute Gasteiger partial charge is 0.492 e. The molecule has 0 spiro atoms. The summed E-state index contributed by atoms with van der Waals surface area (Å²) in [5.41, 5.74) is 2.95. The topological polar surface area (TPSA) is 102 Å². The van der Waals surface area contributed by atoms with Crippen LogP contribution in [-0.4, -0.2) is 31.8 Å². The van der Waals surface area contributed by atoms with Gasteiger partial charge in [0.2, 0.25) is 10.0 Å². The Bertz CT molecular complexity index is 613. The van der Waals surface area contributed by atoms with Crippen molar-refractivity contribution in [1.29, 1.82) is 0 Å². The molecular weight excluding hydrogens is 299 g/mol. The molecule has 0 aliphatic rings. The predicted molar refractivity (Wildman–Crippen MR) is 78.1 cm³/mol. The molecule has 0 bridgehead atoms. The lowest BCUT2D eigenvalue weighted by Gasteiger charge is -2.37. The Balaban J connectivity index is 3.28. The molecule has 0 heterocycles. The molecule has 0 saturated heterocycles. The molecule has 8 heteroatoms. The number of rotatable bonds is 5. The fraction of sp³-hybridized carbons (Fsp3) is 0.538. The van der Waals surface area contributed by atoms with Crippen LogP contribution >= 0.6 is 0 Å². The molecule has 0 radical (unpaired) electrons. The van der Waals surface area contributed by atoms with E-state index in [1.165, 1.54) is 34.8 Å². The summed E-state index contributed by atoms with van der Waals surface area (Å²) in [7, 11) is -2.82. The molecule has 0 aliphatic carbocycles. The lowest BCUT2D eigenvalue weighted by Crippen LogP contribution is -2.57. The molecule has 120 valence electrons. The van der Waals surface area contributed by atoms with E-state index in [4.69, 9.17) is 10.5 Å². The highest BCUT2D eigenvalue weighted by molar-refractivity contribution is 7.89. The Labute approximate surface area is 124 Å². The zero-order valence-electron chi connectivity index (χ0n) is 12.7. The zero-order chi connectivity index (χ0) is 16.6. The van der Waals surface area contributed by atoms with E-state index < -0.39 is 27.0 Å². The van der Waals surface area contributed by atoms with E-state index in [-0.39, 0.29) is 16.3 Å². The number of aliphatic hydroxyl groups is 1. The maximum atomic E-state index is 13.8. The molecule has 0 saturated carbocycles. The lowest BCUT2D eigenvalue weighted by atomic mass is 9.87. The smallest absolute Gasteiger partial charge is 0.241 e. The van der Waals surface area contributed by atoms with Gasteiger partial charge in [0.05, 0.1) is 28.8 Å². The number of methoxy groups -OCH3 is 1. The summed E-state index contributed by atoms with van der Waals surface area (Å²) in [5, 5.41) is 10.0. The first-order valence-corrected chi connectivity index (χ1v) is 7.69. The Morgan fingerprint density at radius 3 is 2.19 bits per heavy atom. The summed E-state index contributed by atoms with van der Waals surface area (Å²) in [5.74, 6) is -1.09. The molecular formula is C13H21FN2O4S. The van der Waals surface area contributed by atoms with Crippen molar-refractivity contribution in [2.75, 3.05) is 12.8 Å². The van der Waals surface area contributed by atoms with E-state index in [0.29, 0.717) is 0 Å². The number of anilines is 1. The lowest BCUT2D eigenvalue weighted by molar-refractivity contribution is 0.00638. The molecule has 1 rings (SSSR count). The van der Waals surface area contributed by atoms with Crippen LogP contribution in [0.4, 0.5) is 10.1 Å². The van der Waals surface area contributed by atoms with Crippen LogP contribution in [0.5, 0.6) is 5.75 Å². The minimum absolute atomic E-state index is 0.126. The van der Waals surface area contributed by atoms with Gasteiger partial charge in [-0.1, -0.05) is 0 Å². The van der Waals surface area contributed by atoms with Crippen molar-refractivity contribution in [3.8, 4) is 5.75 Å². The van der Waals surface area contributed by atoms with Gasteiger partial charge in [0.1, 0.15) is 0 Å². The first kappa shape index (κ1) is 17.7. The van der Waals surface area contributed by atoms with Crippen LogP contribution < -0.4 is 15.2 Å². The number of hydrogen-bond donors (Lipinski definition) is 3. The van der Waals surface area contributed by atoms with Crippen LogP contribution in [0.25, 0.3) is 0 Å². The third kappa shape index (κ3) is 3.63. The third-order valence-corrected chi connectivity index (χ3v) is 5.11. The van der Waals surface area contributed by atoms with Gasteiger partial charge >= 0.3 is 0 Å². The molecule has 0 amide bonds. The van der Waals surface area contributed by atoms with Crippen LogP contribution in [0.1, 0.15) is 27.7 Å². The maximum Gasteiger partial charge on any atom is 0.241 e. The first-order valence-electron chi connectivity index (χ1n) is 6.21. The van der Waals surface area contributed by atoms with Crippen LogP contribution in [0, 0.1) is 5.82 Å². The monoisotopic (exact) mass is 320 g/mol. The first-order chi connectivity index (χ1) is 9.32. The average molecular weight is 320 g/mol. The molecule has 1 aromatic rings. The number of nitrogens with two attached hydrogens (primary N) is 1. The Morgan fingerprint density at radius 1 is 1.29 bits per heavy atom. The Morgan fingerprint density at radius 2 is 1.81 bits per heavy atom. The van der Waals surface area contributed by atoms with E-state index in [1.54, 1.807) is 0 Å². The van der Waals surface area contributed by atoms with Gasteiger partial charge in [0, 0.05) is 0 Å². The van der Waals surface area contributed by atoms with E-state index in [0.717, 1.165) is 12.1 Å². The predicted octanol–water partition coefficient (Wildman–Crippen LogP) is 1.24. The molecule has 0 atom stereocenters. The maximum absolute atomic E-state index is 13.8. The fourth-order valence-corrected chi connectivity index (χ4v) is 3.06. The highest BCUT2D eigenvalue weighted by atomic mass is 32.2. The molecule has 21 heavy (non-hydrogen) atoms. The molecule has 0 aromatic heterocycles. The number of nitrogens with one attached hydrogen (secondary N) is 1. The van der Waals surface area contributed by atoms with Crippen molar-refractivity contribution < 1.29 is 22.7 Å². The Kier molecular flexibility index (Phi) is 4.57. The summed E-state index contributed by atoms with van der Waals surface area (Å²) >= 11 is 0. The highest BCUT2D eigenvalue weighted by Crippen LogP contribution is 2.30. The van der Waals surface area contributed by atoms with Gasteiger partial charge in [-0.3, -0.25) is 0 Å². The van der Waals surface area contributed by atoms with Gasteiger partial charge in [-0.25, -0.2) is 17.5 Å². The molecule has 1 aromatic carbocycles. The summed E-state index contributed by atoms with van der Waals surface area (Å²) in [6, 6.07) is 1.92. The van der Waals surface area contributed by atoms with E-state index in [1.807, 2.05) is 0 Å². The standard InChI is InChI=1S/C13H21FN2O4S/c1-12(2,13(3,4)17)16-21(18,19)8-6-9(14)11(20-5)10(15)7-8/h6-7,16-17H,15H2,1-5H3. The van der Waals surface area contributed by atoms with Crippen molar-refractivity contribution in [3.63, 3.8) is 0 Å². The van der Waals surface area contributed by atoms with Crippen LogP contribution in [0.3, 0.4) is 0 Å². The van der Waals surface area contributed by atoms with Crippen LogP contribution in [-0.2, 0) is 10.0 Å². The second kappa shape index (κ2) is 5.43. The van der Waals surface area contributed by atoms with Crippen LogP contribution in [0.15, 0.2) is 17.0 Å². The Hall–Kier alpha value is -1.38. The average Bonchev–Trinajstić information content (AvgIpc) is 2.25. The zero-order valence-corrected chi connectivity index (χ0v) is 13.5. The second-order valence-electron chi connectivity index (χ2n) is 5.82. The SMILES string of the molecule is COc1c(N)cc(S(=O)(=O)NC(C)(C)C(C)(C)O)cc1F. The van der Waals surface area contributed by atoms with Crippen molar-refractivity contribution in [2.24, 2.45) is 0 Å². The minimum Gasteiger partial charge on any atom is -0.492 e. The van der Waals surface area contributed by atoms with Gasteiger partial charge in [-0.2, -0.15) is 0 Å². The van der Waals surface area contributed by atoms with Gasteiger partial charge in [0.25, 0.3) is 0 Å². The molecule has 6 nitrogen and oxygen atoms in total. The van der Waals surface area contributed by atoms with E-state index >= 15 is 0 Å². The van der Waals surface area contributed by atoms with Crippen molar-refractivity contribution in [3.05, 3.63) is 17.9 Å². The number of benzene rings is 1. The second-order valence-corrected chi connectivity index (χ2v) is 7.50. The molecule has 0 unspecified atom stereocenters. The normalized spacial score (nSPS) is 13.3. The van der Waals surface area contributed by atoms with E-state index in [9.17, 15) is 17.9 Å². The summed E-state index contributed by atoms with van der Waals surface area (Å²) < 4.78 is 45.5. The summed E-state index contributed by atoms with van der Waals surface area (Å²) in [6.45, 7) is 5.98. The number of hydrogen-bond acceptors (Lipinski definition) is 5. The van der Waals surface area contributed by atoms with Gasteiger partial charge in [-0.15, -0.1) is 0 Å². The van der Waals surface area contributed by atoms with Crippen molar-refractivity contribution in [2.45, 2.75) is 43.7 Å². The number of ether oxygens (including phenoxy) is 1. The molecule has 0 fully saturated rings. The molecule has 4 N–H and O–H groups in total. The highest BCUT2D eigenvalue weighted by Gasteiger charge is 2.39. The number of sulfonamides is 1. The van der Waals surface area contributed by atoms with Gasteiger partial charge in [-0.05, 0) is 39.8 Å². The van der Waals surface area contributed by atoms with Gasteiger partial charge < -0.3 is 15.6 Å². The minimum atomic E-state index is -4.06. The van der Waals surface area contributed by atoms with Crippen LogP contribution in [0.2, 0.25) is 0 Å². The molecule has 0 aliphatic heterocycles. The summed E-state index contributed by atoms with van der Waals surface area (Å²) in [4.78, 5) is -0.337. The third-order valence-electron chi connectivity index (χ3n) is 3.48. The summed E-state index contributed by atoms with van der Waals surface area (Å²) in [6.07, 6.45) is 0.